The zero-order chi connectivity index (χ0) is 16.2. The van der Waals surface area contributed by atoms with Crippen LogP contribution in [0.2, 0.25) is 0 Å². The monoisotopic (exact) mass is 331 g/mol. The number of hydrogen-bond donors (Lipinski definition) is 1. The second kappa shape index (κ2) is 6.87. The quantitative estimate of drug-likeness (QED) is 0.909. The van der Waals surface area contributed by atoms with E-state index in [1.165, 1.54) is 11.8 Å². The van der Waals surface area contributed by atoms with Gasteiger partial charge in [-0.3, -0.25) is 9.59 Å². The van der Waals surface area contributed by atoms with Gasteiger partial charge in [0.15, 0.2) is 0 Å². The Morgan fingerprint density at radius 3 is 3.04 bits per heavy atom. The van der Waals surface area contributed by atoms with Crippen LogP contribution in [0.5, 0.6) is 0 Å². The molecule has 0 saturated heterocycles. The largest absolute Gasteiger partial charge is 0.467 e. The van der Waals surface area contributed by atoms with Gasteiger partial charge in [0.2, 0.25) is 11.8 Å². The maximum Gasteiger partial charge on any atom is 0.241 e. The molecule has 0 aromatic carbocycles. The molecule has 1 aliphatic rings. The molecule has 0 unspecified atom stereocenters. The molecule has 0 radical (unpaired) electrons. The molecule has 120 valence electrons. The van der Waals surface area contributed by atoms with Crippen molar-refractivity contribution in [3.63, 3.8) is 0 Å². The van der Waals surface area contributed by atoms with Gasteiger partial charge >= 0.3 is 0 Å². The molecule has 7 heteroatoms. The van der Waals surface area contributed by atoms with E-state index in [0.29, 0.717) is 18.8 Å². The Hall–Kier alpha value is -2.28. The van der Waals surface area contributed by atoms with Crippen LogP contribution in [-0.2, 0) is 16.1 Å². The molecule has 0 saturated carbocycles. The Bertz CT molecular complexity index is 702. The third-order valence-corrected chi connectivity index (χ3v) is 4.75. The van der Waals surface area contributed by atoms with E-state index in [1.54, 1.807) is 29.5 Å². The molecular formula is C16H17N3O3S. The Morgan fingerprint density at radius 1 is 1.43 bits per heavy atom. The summed E-state index contributed by atoms with van der Waals surface area (Å²) < 4.78 is 5.17. The number of anilines is 1. The number of aromatic nitrogens is 1. The van der Waals surface area contributed by atoms with Crippen LogP contribution < -0.4 is 10.2 Å². The zero-order valence-electron chi connectivity index (χ0n) is 12.7. The van der Waals surface area contributed by atoms with Gasteiger partial charge in [-0.2, -0.15) is 0 Å². The number of nitrogens with zero attached hydrogens (tertiary/aromatic N) is 2. The van der Waals surface area contributed by atoms with Crippen molar-refractivity contribution in [3.8, 4) is 0 Å². The summed E-state index contributed by atoms with van der Waals surface area (Å²) >= 11 is 1.35. The normalized spacial score (nSPS) is 17.0. The number of pyridine rings is 1. The molecular weight excluding hydrogens is 314 g/mol. The van der Waals surface area contributed by atoms with Crippen molar-refractivity contribution in [1.29, 1.82) is 0 Å². The van der Waals surface area contributed by atoms with Gasteiger partial charge in [0.05, 0.1) is 23.7 Å². The number of fused-ring (bicyclic) bond motifs is 1. The van der Waals surface area contributed by atoms with Crippen LogP contribution in [0.3, 0.4) is 0 Å². The van der Waals surface area contributed by atoms with Crippen LogP contribution in [0, 0.1) is 0 Å². The molecule has 1 aliphatic heterocycles. The fourth-order valence-electron chi connectivity index (χ4n) is 2.45. The van der Waals surface area contributed by atoms with E-state index >= 15 is 0 Å². The van der Waals surface area contributed by atoms with Crippen LogP contribution in [0.25, 0.3) is 0 Å². The van der Waals surface area contributed by atoms with Gasteiger partial charge in [-0.15, -0.1) is 0 Å². The molecule has 0 fully saturated rings. The second-order valence-corrected chi connectivity index (χ2v) is 6.27. The van der Waals surface area contributed by atoms with Gasteiger partial charge < -0.3 is 14.6 Å². The van der Waals surface area contributed by atoms with Gasteiger partial charge in [0, 0.05) is 19.2 Å². The van der Waals surface area contributed by atoms with Crippen LogP contribution >= 0.6 is 11.8 Å². The Labute approximate surface area is 138 Å². The van der Waals surface area contributed by atoms with E-state index < -0.39 is 5.25 Å². The summed E-state index contributed by atoms with van der Waals surface area (Å²) in [5, 5.41) is 3.11. The lowest BCUT2D eigenvalue weighted by atomic mass is 10.2. The van der Waals surface area contributed by atoms with E-state index in [1.807, 2.05) is 19.1 Å². The SMILES string of the molecule is CCN1C(=O)[C@H](CC(=O)NCc2ccco2)Sc2ncccc21. The first kappa shape index (κ1) is 15.6. The molecule has 3 heterocycles. The first-order chi connectivity index (χ1) is 11.2. The lowest BCUT2D eigenvalue weighted by Gasteiger charge is -2.31. The van der Waals surface area contributed by atoms with Gasteiger partial charge in [-0.1, -0.05) is 11.8 Å². The van der Waals surface area contributed by atoms with Crippen LogP contribution in [0.1, 0.15) is 19.1 Å². The molecule has 1 N–H and O–H groups in total. The third-order valence-electron chi connectivity index (χ3n) is 3.56. The first-order valence-corrected chi connectivity index (χ1v) is 8.29. The minimum atomic E-state index is -0.450. The minimum absolute atomic E-state index is 0.0499. The summed E-state index contributed by atoms with van der Waals surface area (Å²) in [7, 11) is 0. The standard InChI is InChI=1S/C16H17N3O3S/c1-2-19-12-6-3-7-17-15(12)23-13(16(19)21)9-14(20)18-10-11-5-4-8-22-11/h3-8,13H,2,9-10H2,1H3,(H,18,20)/t13-/m0/s1. The molecule has 0 spiro atoms. The molecule has 1 atom stereocenters. The van der Waals surface area contributed by atoms with Gasteiger partial charge in [0.1, 0.15) is 10.8 Å². The number of nitrogens with one attached hydrogen (secondary N) is 1. The van der Waals surface area contributed by atoms with Crippen LogP contribution in [0.15, 0.2) is 46.2 Å². The highest BCUT2D eigenvalue weighted by Crippen LogP contribution is 2.38. The average molecular weight is 331 g/mol. The number of carbonyl (C=O) groups excluding carboxylic acids is 2. The van der Waals surface area contributed by atoms with Gasteiger partial charge in [-0.25, -0.2) is 4.98 Å². The van der Waals surface area contributed by atoms with Crippen molar-refractivity contribution < 1.29 is 14.0 Å². The summed E-state index contributed by atoms with van der Waals surface area (Å²) in [5.41, 5.74) is 0.817. The number of amides is 2. The number of rotatable bonds is 5. The maximum atomic E-state index is 12.6. The van der Waals surface area contributed by atoms with Crippen molar-refractivity contribution in [2.75, 3.05) is 11.4 Å². The summed E-state index contributed by atoms with van der Waals surface area (Å²) in [5.74, 6) is 0.456. The van der Waals surface area contributed by atoms with E-state index in [0.717, 1.165) is 10.7 Å². The summed E-state index contributed by atoms with van der Waals surface area (Å²) in [6.45, 7) is 2.80. The molecule has 2 aromatic rings. The molecule has 23 heavy (non-hydrogen) atoms. The first-order valence-electron chi connectivity index (χ1n) is 7.41. The number of carbonyl (C=O) groups is 2. The minimum Gasteiger partial charge on any atom is -0.467 e. The summed E-state index contributed by atoms with van der Waals surface area (Å²) in [6, 6.07) is 7.25. The second-order valence-electron chi connectivity index (χ2n) is 5.08. The molecule has 3 rings (SSSR count). The van der Waals surface area contributed by atoms with Crippen molar-refractivity contribution >= 4 is 29.3 Å². The average Bonchev–Trinajstić information content (AvgIpc) is 3.07. The predicted octanol–water partition coefficient (Wildman–Crippen LogP) is 2.21. The third kappa shape index (κ3) is 3.39. The van der Waals surface area contributed by atoms with Crippen molar-refractivity contribution in [2.45, 2.75) is 30.2 Å². The Kier molecular flexibility index (Phi) is 4.66. The fourth-order valence-corrected chi connectivity index (χ4v) is 3.60. The van der Waals surface area contributed by atoms with E-state index in [9.17, 15) is 9.59 Å². The lowest BCUT2D eigenvalue weighted by molar-refractivity contribution is -0.125. The molecule has 0 aliphatic carbocycles. The topological polar surface area (TPSA) is 75.4 Å². The molecule has 6 nitrogen and oxygen atoms in total. The highest BCUT2D eigenvalue weighted by molar-refractivity contribution is 8.00. The highest BCUT2D eigenvalue weighted by Gasteiger charge is 2.34. The Morgan fingerprint density at radius 2 is 2.30 bits per heavy atom. The van der Waals surface area contributed by atoms with Crippen molar-refractivity contribution in [1.82, 2.24) is 10.3 Å². The van der Waals surface area contributed by atoms with E-state index in [4.69, 9.17) is 4.42 Å². The highest BCUT2D eigenvalue weighted by atomic mass is 32.2. The van der Waals surface area contributed by atoms with Gasteiger partial charge in [0.25, 0.3) is 0 Å². The fraction of sp³-hybridized carbons (Fsp3) is 0.312. The maximum absolute atomic E-state index is 12.6. The smallest absolute Gasteiger partial charge is 0.241 e. The molecule has 2 aromatic heterocycles. The van der Waals surface area contributed by atoms with E-state index in [-0.39, 0.29) is 18.2 Å². The van der Waals surface area contributed by atoms with Crippen molar-refractivity contribution in [2.24, 2.45) is 0 Å². The van der Waals surface area contributed by atoms with E-state index in [2.05, 4.69) is 10.3 Å². The lowest BCUT2D eigenvalue weighted by Crippen LogP contribution is -2.43. The van der Waals surface area contributed by atoms with Crippen molar-refractivity contribution in [3.05, 3.63) is 42.5 Å². The predicted molar refractivity (Wildman–Crippen MR) is 87.1 cm³/mol. The zero-order valence-corrected chi connectivity index (χ0v) is 13.5. The number of thioether (sulfide) groups is 1. The summed E-state index contributed by atoms with van der Waals surface area (Å²) in [4.78, 5) is 30.7. The number of furan rings is 1. The Balaban J connectivity index is 1.66. The van der Waals surface area contributed by atoms with Gasteiger partial charge in [-0.05, 0) is 31.2 Å². The number of hydrogen-bond acceptors (Lipinski definition) is 5. The molecule has 0 bridgehead atoms. The molecule has 2 amide bonds. The van der Waals surface area contributed by atoms with Crippen LogP contribution in [0.4, 0.5) is 5.69 Å². The van der Waals surface area contributed by atoms with Crippen LogP contribution in [-0.4, -0.2) is 28.6 Å². The summed E-state index contributed by atoms with van der Waals surface area (Å²) in [6.07, 6.45) is 3.38.